The van der Waals surface area contributed by atoms with Gasteiger partial charge in [0.1, 0.15) is 5.82 Å². The Morgan fingerprint density at radius 1 is 1.10 bits per heavy atom. The fourth-order valence-electron chi connectivity index (χ4n) is 3.10. The van der Waals surface area contributed by atoms with Crippen LogP contribution in [0.5, 0.6) is 0 Å². The minimum atomic E-state index is -1.90. The molecule has 5 nitrogen and oxygen atoms in total. The maximum absolute atomic E-state index is 13.2. The van der Waals surface area contributed by atoms with Crippen molar-refractivity contribution in [1.82, 2.24) is 9.78 Å². The van der Waals surface area contributed by atoms with Gasteiger partial charge in [-0.1, -0.05) is 38.1 Å². The van der Waals surface area contributed by atoms with Gasteiger partial charge in [0.05, 0.1) is 17.6 Å². The predicted molar refractivity (Wildman–Crippen MR) is 113 cm³/mol. The minimum Gasteiger partial charge on any atom is -0.306 e. The first kappa shape index (κ1) is 21.1. The van der Waals surface area contributed by atoms with Crippen LogP contribution in [-0.4, -0.2) is 18.5 Å². The minimum absolute atomic E-state index is 0.0604. The molecule has 3 aromatic rings. The maximum Gasteiger partial charge on any atom is 0.275 e. The SMILES string of the molecule is CC(C)CCc1c(-c2ccc(CS(=O)O)cc2)cnn(-c2ccc(F)cc2)c1=O. The molecule has 0 spiro atoms. The molecule has 0 aliphatic carbocycles. The Bertz CT molecular complexity index is 1060. The van der Waals surface area contributed by atoms with Crippen molar-refractivity contribution in [2.24, 2.45) is 5.92 Å². The molecule has 152 valence electrons. The highest BCUT2D eigenvalue weighted by Crippen LogP contribution is 2.24. The van der Waals surface area contributed by atoms with Crippen LogP contribution in [0.25, 0.3) is 16.8 Å². The van der Waals surface area contributed by atoms with Crippen LogP contribution in [0.15, 0.2) is 59.5 Å². The Balaban J connectivity index is 2.06. The fraction of sp³-hybridized carbons (Fsp3) is 0.273. The average molecular weight is 415 g/mol. The van der Waals surface area contributed by atoms with Crippen molar-refractivity contribution in [2.45, 2.75) is 32.4 Å². The van der Waals surface area contributed by atoms with Crippen molar-refractivity contribution < 1.29 is 13.2 Å². The van der Waals surface area contributed by atoms with E-state index in [0.29, 0.717) is 23.6 Å². The molecule has 3 rings (SSSR count). The predicted octanol–water partition coefficient (Wildman–Crippen LogP) is 4.35. The first-order valence-corrected chi connectivity index (χ1v) is 10.7. The fourth-order valence-corrected chi connectivity index (χ4v) is 3.58. The number of rotatable bonds is 7. The standard InChI is InChI=1S/C22H23FN2O3S/c1-15(2)3-12-20-21(17-6-4-16(5-7-17)14-29(27)28)13-24-25(22(20)26)19-10-8-18(23)9-11-19/h4-11,13,15H,3,12,14H2,1-2H3,(H,27,28). The summed E-state index contributed by atoms with van der Waals surface area (Å²) in [7, 11) is 0. The normalized spacial score (nSPS) is 12.3. The first-order chi connectivity index (χ1) is 13.8. The third-order valence-corrected chi connectivity index (χ3v) is 5.26. The van der Waals surface area contributed by atoms with Crippen molar-refractivity contribution in [3.8, 4) is 16.8 Å². The van der Waals surface area contributed by atoms with E-state index in [-0.39, 0.29) is 17.1 Å². The molecule has 0 bridgehead atoms. The van der Waals surface area contributed by atoms with Crippen LogP contribution in [-0.2, 0) is 23.3 Å². The third kappa shape index (κ3) is 5.25. The average Bonchev–Trinajstić information content (AvgIpc) is 2.68. The lowest BCUT2D eigenvalue weighted by Crippen LogP contribution is -2.26. The Labute approximate surface area is 171 Å². The number of hydrogen-bond acceptors (Lipinski definition) is 3. The van der Waals surface area contributed by atoms with E-state index < -0.39 is 11.1 Å². The second-order valence-electron chi connectivity index (χ2n) is 7.33. The van der Waals surface area contributed by atoms with Crippen molar-refractivity contribution >= 4 is 11.1 Å². The molecule has 0 aliphatic rings. The quantitative estimate of drug-likeness (QED) is 0.584. The Morgan fingerprint density at radius 3 is 2.34 bits per heavy atom. The van der Waals surface area contributed by atoms with Crippen LogP contribution < -0.4 is 5.56 Å². The molecule has 1 atom stereocenters. The van der Waals surface area contributed by atoms with Gasteiger partial charge < -0.3 is 4.55 Å². The van der Waals surface area contributed by atoms with Crippen LogP contribution >= 0.6 is 0 Å². The zero-order valence-corrected chi connectivity index (χ0v) is 17.2. The second kappa shape index (κ2) is 9.24. The highest BCUT2D eigenvalue weighted by atomic mass is 32.2. The summed E-state index contributed by atoms with van der Waals surface area (Å²) in [6.45, 7) is 4.20. The largest absolute Gasteiger partial charge is 0.306 e. The smallest absolute Gasteiger partial charge is 0.275 e. The molecule has 1 unspecified atom stereocenters. The van der Waals surface area contributed by atoms with Crippen molar-refractivity contribution in [1.29, 1.82) is 0 Å². The summed E-state index contributed by atoms with van der Waals surface area (Å²) in [5.41, 5.74) is 3.24. The maximum atomic E-state index is 13.2. The van der Waals surface area contributed by atoms with Gasteiger partial charge in [-0.15, -0.1) is 0 Å². The van der Waals surface area contributed by atoms with Crippen LogP contribution in [0.2, 0.25) is 0 Å². The monoisotopic (exact) mass is 414 g/mol. The molecule has 0 radical (unpaired) electrons. The molecule has 0 amide bonds. The van der Waals surface area contributed by atoms with Gasteiger partial charge in [-0.2, -0.15) is 9.78 Å². The van der Waals surface area contributed by atoms with Gasteiger partial charge in [0.25, 0.3) is 5.56 Å². The molecular formula is C22H23FN2O3S. The lowest BCUT2D eigenvalue weighted by atomic mass is 9.96. The molecule has 29 heavy (non-hydrogen) atoms. The molecule has 1 heterocycles. The lowest BCUT2D eigenvalue weighted by molar-refractivity contribution is 0.563. The first-order valence-electron chi connectivity index (χ1n) is 9.39. The van der Waals surface area contributed by atoms with E-state index in [2.05, 4.69) is 18.9 Å². The highest BCUT2D eigenvalue weighted by Gasteiger charge is 2.15. The van der Waals surface area contributed by atoms with Gasteiger partial charge in [-0.3, -0.25) is 4.79 Å². The highest BCUT2D eigenvalue weighted by molar-refractivity contribution is 7.78. The summed E-state index contributed by atoms with van der Waals surface area (Å²) < 4.78 is 34.6. The molecule has 1 aromatic heterocycles. The summed E-state index contributed by atoms with van der Waals surface area (Å²) in [4.78, 5) is 13.2. The molecule has 7 heteroatoms. The molecule has 0 fully saturated rings. The van der Waals surface area contributed by atoms with Crippen molar-refractivity contribution in [3.05, 3.63) is 82.0 Å². The lowest BCUT2D eigenvalue weighted by Gasteiger charge is -2.14. The zero-order chi connectivity index (χ0) is 21.0. The van der Waals surface area contributed by atoms with Gasteiger partial charge in [0, 0.05) is 11.1 Å². The third-order valence-electron chi connectivity index (χ3n) is 4.68. The topological polar surface area (TPSA) is 72.2 Å². The van der Waals surface area contributed by atoms with E-state index in [1.165, 1.54) is 28.9 Å². The van der Waals surface area contributed by atoms with Crippen LogP contribution in [0.3, 0.4) is 0 Å². The van der Waals surface area contributed by atoms with Crippen LogP contribution in [0.4, 0.5) is 4.39 Å². The van der Waals surface area contributed by atoms with Crippen molar-refractivity contribution in [2.75, 3.05) is 0 Å². The van der Waals surface area contributed by atoms with Gasteiger partial charge in [-0.25, -0.2) is 8.60 Å². The number of halogens is 1. The number of nitrogens with zero attached hydrogens (tertiary/aromatic N) is 2. The summed E-state index contributed by atoms with van der Waals surface area (Å²) in [5.74, 6) is 0.115. The van der Waals surface area contributed by atoms with Crippen molar-refractivity contribution in [3.63, 3.8) is 0 Å². The van der Waals surface area contributed by atoms with Crippen LogP contribution in [0, 0.1) is 11.7 Å². The van der Waals surface area contributed by atoms with Gasteiger partial charge in [-0.05, 0) is 54.2 Å². The van der Waals surface area contributed by atoms with E-state index in [1.807, 2.05) is 12.1 Å². The Morgan fingerprint density at radius 2 is 1.76 bits per heavy atom. The summed E-state index contributed by atoms with van der Waals surface area (Å²) in [5, 5.41) is 4.31. The van der Waals surface area contributed by atoms with Gasteiger partial charge in [0.2, 0.25) is 0 Å². The Hall–Kier alpha value is -2.64. The molecule has 0 saturated carbocycles. The molecule has 1 N–H and O–H groups in total. The van der Waals surface area contributed by atoms with E-state index in [9.17, 15) is 13.4 Å². The summed E-state index contributed by atoms with van der Waals surface area (Å²) in [6.07, 6.45) is 3.09. The number of hydrogen-bond donors (Lipinski definition) is 1. The molecule has 2 aromatic carbocycles. The molecular weight excluding hydrogens is 391 g/mol. The zero-order valence-electron chi connectivity index (χ0n) is 16.3. The van der Waals surface area contributed by atoms with E-state index in [0.717, 1.165) is 23.1 Å². The summed E-state index contributed by atoms with van der Waals surface area (Å²) in [6, 6.07) is 12.9. The second-order valence-corrected chi connectivity index (χ2v) is 8.26. The molecule has 0 aliphatic heterocycles. The van der Waals surface area contributed by atoms with Gasteiger partial charge >= 0.3 is 0 Å². The Kier molecular flexibility index (Phi) is 6.71. The summed E-state index contributed by atoms with van der Waals surface area (Å²) >= 11 is -1.90. The number of benzene rings is 2. The van der Waals surface area contributed by atoms with E-state index >= 15 is 0 Å². The molecule has 0 saturated heterocycles. The van der Waals surface area contributed by atoms with Gasteiger partial charge in [0.15, 0.2) is 11.1 Å². The van der Waals surface area contributed by atoms with E-state index in [1.54, 1.807) is 18.3 Å². The number of aromatic nitrogens is 2. The van der Waals surface area contributed by atoms with Crippen LogP contribution in [0.1, 0.15) is 31.4 Å². The van der Waals surface area contributed by atoms with E-state index in [4.69, 9.17) is 4.55 Å².